The van der Waals surface area contributed by atoms with E-state index in [4.69, 9.17) is 5.11 Å². The summed E-state index contributed by atoms with van der Waals surface area (Å²) in [6.45, 7) is 4.00. The van der Waals surface area contributed by atoms with Crippen LogP contribution in [-0.2, 0) is 4.79 Å². The minimum Gasteiger partial charge on any atom is -0.481 e. The lowest BCUT2D eigenvalue weighted by Crippen LogP contribution is -2.40. The summed E-state index contributed by atoms with van der Waals surface area (Å²) >= 11 is 0. The molecular weight excluding hydrogens is 286 g/mol. The topological polar surface area (TPSA) is 49.3 Å². The second kappa shape index (κ2) is 12.8. The minimum absolute atomic E-state index is 0.111. The van der Waals surface area contributed by atoms with Gasteiger partial charge in [-0.25, -0.2) is 0 Å². The molecule has 0 aliphatic heterocycles. The van der Waals surface area contributed by atoms with Gasteiger partial charge in [-0.2, -0.15) is 0 Å². The largest absolute Gasteiger partial charge is 0.481 e. The third-order valence-electron chi connectivity index (χ3n) is 5.43. The van der Waals surface area contributed by atoms with Gasteiger partial charge in [0.25, 0.3) is 0 Å². The van der Waals surface area contributed by atoms with Crippen molar-refractivity contribution in [1.29, 1.82) is 0 Å². The Balaban J connectivity index is 0.000000241. The van der Waals surface area contributed by atoms with Crippen LogP contribution in [0.15, 0.2) is 0 Å². The van der Waals surface area contributed by atoms with Gasteiger partial charge in [-0.05, 0) is 38.5 Å². The van der Waals surface area contributed by atoms with E-state index in [2.05, 4.69) is 12.2 Å². The predicted molar refractivity (Wildman–Crippen MR) is 97.8 cm³/mol. The van der Waals surface area contributed by atoms with Crippen LogP contribution < -0.4 is 5.32 Å². The number of aliphatic carboxylic acids is 1. The average Bonchev–Trinajstić information content (AvgIpc) is 2.58. The third-order valence-corrected chi connectivity index (χ3v) is 5.43. The summed E-state index contributed by atoms with van der Waals surface area (Å²) in [5.41, 5.74) is 0. The molecular formula is C20H39NO2. The maximum atomic E-state index is 10.4. The number of unbranched alkanes of at least 4 members (excludes halogenated alkanes) is 1. The van der Waals surface area contributed by atoms with Gasteiger partial charge in [0.15, 0.2) is 0 Å². The summed E-state index contributed by atoms with van der Waals surface area (Å²) in [5.74, 6) is -0.754. The van der Waals surface area contributed by atoms with Gasteiger partial charge in [0.2, 0.25) is 0 Å². The zero-order valence-electron chi connectivity index (χ0n) is 15.5. The molecule has 2 saturated carbocycles. The smallest absolute Gasteiger partial charge is 0.306 e. The molecule has 0 aromatic heterocycles. The van der Waals surface area contributed by atoms with Crippen molar-refractivity contribution in [3.8, 4) is 0 Å². The number of hydrogen-bond acceptors (Lipinski definition) is 2. The first-order valence-corrected chi connectivity index (χ1v) is 10.2. The van der Waals surface area contributed by atoms with Crippen LogP contribution in [0.1, 0.15) is 104 Å². The molecule has 0 amide bonds. The van der Waals surface area contributed by atoms with Crippen molar-refractivity contribution in [1.82, 2.24) is 5.32 Å². The third kappa shape index (κ3) is 9.34. The van der Waals surface area contributed by atoms with Crippen molar-refractivity contribution < 1.29 is 9.90 Å². The van der Waals surface area contributed by atoms with E-state index in [0.717, 1.165) is 37.8 Å². The predicted octanol–water partition coefficient (Wildman–Crippen LogP) is 5.53. The molecule has 0 spiro atoms. The number of carboxylic acids is 1. The van der Waals surface area contributed by atoms with Gasteiger partial charge in [-0.1, -0.05) is 65.2 Å². The lowest BCUT2D eigenvalue weighted by atomic mass is 9.91. The van der Waals surface area contributed by atoms with Crippen LogP contribution in [0, 0.1) is 5.92 Å². The molecule has 1 unspecified atom stereocenters. The first-order chi connectivity index (χ1) is 11.2. The lowest BCUT2D eigenvalue weighted by molar-refractivity contribution is -0.142. The Hall–Kier alpha value is -0.570. The summed E-state index contributed by atoms with van der Waals surface area (Å²) in [5, 5.41) is 12.5. The fourth-order valence-electron chi connectivity index (χ4n) is 3.82. The van der Waals surface area contributed by atoms with Crippen molar-refractivity contribution in [2.24, 2.45) is 5.92 Å². The highest BCUT2D eigenvalue weighted by molar-refractivity contribution is 5.69. The standard InChI is InChI=1S/C12H23N.C8H16O2/c1-3-7-11(8-4-1)13-12-9-5-2-6-10-12;1-3-5-6-7(4-2)8(9)10/h11-13H,1-10H2;7H,3-6H2,1-2H3,(H,9,10). The van der Waals surface area contributed by atoms with Gasteiger partial charge in [0, 0.05) is 12.1 Å². The molecule has 1 atom stereocenters. The van der Waals surface area contributed by atoms with E-state index >= 15 is 0 Å². The summed E-state index contributed by atoms with van der Waals surface area (Å²) in [7, 11) is 0. The van der Waals surface area contributed by atoms with Gasteiger partial charge in [-0.15, -0.1) is 0 Å². The van der Waals surface area contributed by atoms with Gasteiger partial charge in [-0.3, -0.25) is 4.79 Å². The lowest BCUT2D eigenvalue weighted by Gasteiger charge is -2.30. The van der Waals surface area contributed by atoms with Crippen LogP contribution >= 0.6 is 0 Å². The highest BCUT2D eigenvalue weighted by Gasteiger charge is 2.19. The van der Waals surface area contributed by atoms with Gasteiger partial charge in [0.1, 0.15) is 0 Å². The van der Waals surface area contributed by atoms with E-state index in [1.807, 2.05) is 6.92 Å². The maximum absolute atomic E-state index is 10.4. The average molecular weight is 326 g/mol. The van der Waals surface area contributed by atoms with Crippen LogP contribution in [0.5, 0.6) is 0 Å². The fourth-order valence-corrected chi connectivity index (χ4v) is 3.82. The number of carboxylic acid groups (broad SMARTS) is 1. The Morgan fingerprint density at radius 3 is 1.78 bits per heavy atom. The molecule has 2 aliphatic rings. The fraction of sp³-hybridized carbons (Fsp3) is 0.950. The highest BCUT2D eigenvalue weighted by Crippen LogP contribution is 2.22. The number of rotatable bonds is 7. The molecule has 23 heavy (non-hydrogen) atoms. The van der Waals surface area contributed by atoms with E-state index in [1.165, 1.54) is 64.2 Å². The molecule has 2 N–H and O–H groups in total. The Kier molecular flexibility index (Phi) is 11.4. The van der Waals surface area contributed by atoms with E-state index in [9.17, 15) is 4.79 Å². The Labute approximate surface area is 143 Å². The van der Waals surface area contributed by atoms with Gasteiger partial charge in [0.05, 0.1) is 5.92 Å². The zero-order valence-corrected chi connectivity index (χ0v) is 15.5. The number of carbonyl (C=O) groups is 1. The molecule has 2 aliphatic carbocycles. The molecule has 0 bridgehead atoms. The molecule has 2 fully saturated rings. The van der Waals surface area contributed by atoms with Crippen LogP contribution in [0.4, 0.5) is 0 Å². The van der Waals surface area contributed by atoms with Gasteiger partial charge >= 0.3 is 5.97 Å². The summed E-state index contributed by atoms with van der Waals surface area (Å²) in [4.78, 5) is 10.4. The quantitative estimate of drug-likeness (QED) is 0.647. The number of nitrogens with one attached hydrogen (secondary N) is 1. The van der Waals surface area contributed by atoms with Crippen LogP contribution in [0.2, 0.25) is 0 Å². The molecule has 0 aromatic carbocycles. The second-order valence-electron chi connectivity index (χ2n) is 7.42. The summed E-state index contributed by atoms with van der Waals surface area (Å²) in [6.07, 6.45) is 18.3. The Bertz CT molecular complexity index is 278. The minimum atomic E-state index is -0.643. The van der Waals surface area contributed by atoms with Crippen LogP contribution in [-0.4, -0.2) is 23.2 Å². The van der Waals surface area contributed by atoms with E-state index < -0.39 is 5.97 Å². The van der Waals surface area contributed by atoms with E-state index in [1.54, 1.807) is 0 Å². The van der Waals surface area contributed by atoms with Gasteiger partial charge < -0.3 is 10.4 Å². The summed E-state index contributed by atoms with van der Waals surface area (Å²) in [6, 6.07) is 1.74. The van der Waals surface area contributed by atoms with Crippen molar-refractivity contribution in [2.45, 2.75) is 116 Å². The first kappa shape index (κ1) is 20.5. The van der Waals surface area contributed by atoms with Crippen LogP contribution in [0.3, 0.4) is 0 Å². The highest BCUT2D eigenvalue weighted by atomic mass is 16.4. The Morgan fingerprint density at radius 2 is 1.43 bits per heavy atom. The normalized spacial score (nSPS) is 21.3. The Morgan fingerprint density at radius 1 is 0.957 bits per heavy atom. The van der Waals surface area contributed by atoms with Crippen molar-refractivity contribution in [3.63, 3.8) is 0 Å². The number of hydrogen-bond donors (Lipinski definition) is 2. The van der Waals surface area contributed by atoms with Crippen molar-refractivity contribution in [3.05, 3.63) is 0 Å². The van der Waals surface area contributed by atoms with E-state index in [-0.39, 0.29) is 5.92 Å². The van der Waals surface area contributed by atoms with Crippen molar-refractivity contribution >= 4 is 5.97 Å². The SMILES string of the molecule is C1CCC(NC2CCCCC2)CC1.CCCCC(CC)C(=O)O. The van der Waals surface area contributed by atoms with Crippen molar-refractivity contribution in [2.75, 3.05) is 0 Å². The zero-order chi connectivity index (χ0) is 16.9. The molecule has 136 valence electrons. The molecule has 0 aromatic rings. The second-order valence-corrected chi connectivity index (χ2v) is 7.42. The summed E-state index contributed by atoms with van der Waals surface area (Å²) < 4.78 is 0. The monoisotopic (exact) mass is 325 g/mol. The molecule has 0 saturated heterocycles. The molecule has 3 heteroatoms. The molecule has 2 rings (SSSR count). The molecule has 0 heterocycles. The molecule has 3 nitrogen and oxygen atoms in total. The van der Waals surface area contributed by atoms with E-state index in [0.29, 0.717) is 0 Å². The molecule has 0 radical (unpaired) electrons. The first-order valence-electron chi connectivity index (χ1n) is 10.2. The maximum Gasteiger partial charge on any atom is 0.306 e. The van der Waals surface area contributed by atoms with Crippen LogP contribution in [0.25, 0.3) is 0 Å².